The van der Waals surface area contributed by atoms with Crippen LogP contribution in [-0.4, -0.2) is 16.6 Å². The topological polar surface area (TPSA) is 29.9 Å². The van der Waals surface area contributed by atoms with E-state index in [9.17, 15) is 0 Å². The van der Waals surface area contributed by atoms with Gasteiger partial charge in [0.1, 0.15) is 5.82 Å². The van der Waals surface area contributed by atoms with Crippen molar-refractivity contribution < 1.29 is 0 Å². The number of hydrogen-bond acceptors (Lipinski definition) is 2. The van der Waals surface area contributed by atoms with Crippen LogP contribution in [0.5, 0.6) is 0 Å². The predicted molar refractivity (Wildman–Crippen MR) is 50.1 cm³/mol. The van der Waals surface area contributed by atoms with Crippen molar-refractivity contribution in [3.05, 3.63) is 17.2 Å². The molecule has 1 aromatic rings. The second-order valence-corrected chi connectivity index (χ2v) is 3.00. The van der Waals surface area contributed by atoms with Gasteiger partial charge in [0.05, 0.1) is 11.4 Å². The van der Waals surface area contributed by atoms with Crippen LogP contribution < -0.4 is 5.32 Å². The number of nitrogens with one attached hydrogen (secondary N) is 1. The summed E-state index contributed by atoms with van der Waals surface area (Å²) in [6.07, 6.45) is 1.01. The van der Waals surface area contributed by atoms with E-state index in [0.717, 1.165) is 18.8 Å². The average molecular weight is 167 g/mol. The lowest BCUT2D eigenvalue weighted by Crippen LogP contribution is -2.11. The predicted octanol–water partition coefficient (Wildman–Crippen LogP) is 1.01. The lowest BCUT2D eigenvalue weighted by molar-refractivity contribution is 0.714. The molecule has 0 radical (unpaired) electrons. The van der Waals surface area contributed by atoms with Crippen LogP contribution >= 0.6 is 0 Å². The summed E-state index contributed by atoms with van der Waals surface area (Å²) in [7, 11) is 4.02. The van der Waals surface area contributed by atoms with E-state index in [-0.39, 0.29) is 0 Å². The van der Waals surface area contributed by atoms with E-state index in [4.69, 9.17) is 0 Å². The van der Waals surface area contributed by atoms with E-state index in [0.29, 0.717) is 0 Å². The first-order chi connectivity index (χ1) is 5.70. The van der Waals surface area contributed by atoms with Crippen LogP contribution in [0.4, 0.5) is 0 Å². The van der Waals surface area contributed by atoms with E-state index < -0.39 is 0 Å². The molecule has 0 spiro atoms. The molecule has 68 valence electrons. The van der Waals surface area contributed by atoms with Crippen molar-refractivity contribution in [3.8, 4) is 0 Å². The SMILES string of the molecule is CCc1nc(C)n(C)c1CNC. The molecule has 3 nitrogen and oxygen atoms in total. The average Bonchev–Trinajstić information content (AvgIpc) is 2.33. The summed E-state index contributed by atoms with van der Waals surface area (Å²) in [5.41, 5.74) is 2.52. The van der Waals surface area contributed by atoms with Gasteiger partial charge >= 0.3 is 0 Å². The molecule has 1 aromatic heterocycles. The molecule has 0 unspecified atom stereocenters. The van der Waals surface area contributed by atoms with Gasteiger partial charge in [-0.1, -0.05) is 6.92 Å². The second kappa shape index (κ2) is 3.72. The lowest BCUT2D eigenvalue weighted by atomic mass is 10.2. The third-order valence-corrected chi connectivity index (χ3v) is 2.20. The van der Waals surface area contributed by atoms with Gasteiger partial charge < -0.3 is 9.88 Å². The third-order valence-electron chi connectivity index (χ3n) is 2.20. The summed E-state index contributed by atoms with van der Waals surface area (Å²) in [4.78, 5) is 4.47. The Kier molecular flexibility index (Phi) is 2.87. The van der Waals surface area contributed by atoms with Gasteiger partial charge in [0.2, 0.25) is 0 Å². The molecular weight excluding hydrogens is 150 g/mol. The van der Waals surface area contributed by atoms with Gasteiger partial charge in [-0.3, -0.25) is 0 Å². The maximum absolute atomic E-state index is 4.47. The molecule has 0 aromatic carbocycles. The number of nitrogens with zero attached hydrogens (tertiary/aromatic N) is 2. The summed E-state index contributed by atoms with van der Waals surface area (Å²) in [5, 5.41) is 3.15. The quantitative estimate of drug-likeness (QED) is 0.728. The zero-order valence-corrected chi connectivity index (χ0v) is 8.31. The number of aromatic nitrogens is 2. The van der Waals surface area contributed by atoms with E-state index in [1.54, 1.807) is 0 Å². The van der Waals surface area contributed by atoms with Crippen molar-refractivity contribution in [3.63, 3.8) is 0 Å². The van der Waals surface area contributed by atoms with Crippen LogP contribution in [0.15, 0.2) is 0 Å². The summed E-state index contributed by atoms with van der Waals surface area (Å²) in [5.74, 6) is 1.09. The minimum atomic E-state index is 0.903. The molecule has 12 heavy (non-hydrogen) atoms. The zero-order valence-electron chi connectivity index (χ0n) is 8.31. The van der Waals surface area contributed by atoms with E-state index in [1.165, 1.54) is 11.4 Å². The van der Waals surface area contributed by atoms with E-state index in [2.05, 4.69) is 28.8 Å². The first kappa shape index (κ1) is 9.26. The molecule has 1 N–H and O–H groups in total. The molecule has 0 fully saturated rings. The molecule has 1 heterocycles. The summed E-state index contributed by atoms with van der Waals surface area (Å²) in [6.45, 7) is 5.08. The molecule has 0 saturated carbocycles. The standard InChI is InChI=1S/C9H17N3/c1-5-8-9(6-10-3)12(4)7(2)11-8/h10H,5-6H2,1-4H3. The van der Waals surface area contributed by atoms with Crippen LogP contribution in [0.3, 0.4) is 0 Å². The van der Waals surface area contributed by atoms with Gasteiger partial charge in [-0.25, -0.2) is 4.98 Å². The molecular formula is C9H17N3. The smallest absolute Gasteiger partial charge is 0.105 e. The fourth-order valence-electron chi connectivity index (χ4n) is 1.39. The van der Waals surface area contributed by atoms with Gasteiger partial charge in [-0.15, -0.1) is 0 Å². The largest absolute Gasteiger partial charge is 0.334 e. The highest BCUT2D eigenvalue weighted by atomic mass is 15.1. The van der Waals surface area contributed by atoms with Crippen LogP contribution in [0.1, 0.15) is 24.1 Å². The van der Waals surface area contributed by atoms with Gasteiger partial charge in [-0.2, -0.15) is 0 Å². The second-order valence-electron chi connectivity index (χ2n) is 3.00. The molecule has 0 bridgehead atoms. The highest BCUT2D eigenvalue weighted by molar-refractivity contribution is 5.16. The normalized spacial score (nSPS) is 10.7. The van der Waals surface area contributed by atoms with Crippen LogP contribution in [-0.2, 0) is 20.0 Å². The van der Waals surface area contributed by atoms with Gasteiger partial charge in [0, 0.05) is 13.6 Å². The fraction of sp³-hybridized carbons (Fsp3) is 0.667. The monoisotopic (exact) mass is 167 g/mol. The van der Waals surface area contributed by atoms with Crippen molar-refractivity contribution in [2.75, 3.05) is 7.05 Å². The summed E-state index contributed by atoms with van der Waals surface area (Å²) < 4.78 is 2.15. The molecule has 0 amide bonds. The first-order valence-corrected chi connectivity index (χ1v) is 4.36. The van der Waals surface area contributed by atoms with Crippen molar-refractivity contribution in [2.45, 2.75) is 26.8 Å². The molecule has 0 aliphatic rings. The molecule has 0 aliphatic heterocycles. The zero-order chi connectivity index (χ0) is 9.14. The van der Waals surface area contributed by atoms with Crippen LogP contribution in [0.25, 0.3) is 0 Å². The van der Waals surface area contributed by atoms with Gasteiger partial charge in [0.25, 0.3) is 0 Å². The number of imidazole rings is 1. The maximum atomic E-state index is 4.47. The molecule has 0 saturated heterocycles. The van der Waals surface area contributed by atoms with Gasteiger partial charge in [0.15, 0.2) is 0 Å². The van der Waals surface area contributed by atoms with Crippen molar-refractivity contribution in [2.24, 2.45) is 7.05 Å². The van der Waals surface area contributed by atoms with Gasteiger partial charge in [-0.05, 0) is 20.4 Å². The van der Waals surface area contributed by atoms with Crippen LogP contribution in [0.2, 0.25) is 0 Å². The van der Waals surface area contributed by atoms with Crippen molar-refractivity contribution in [1.82, 2.24) is 14.9 Å². The Bertz CT molecular complexity index is 263. The van der Waals surface area contributed by atoms with E-state index in [1.807, 2.05) is 14.0 Å². The number of rotatable bonds is 3. The summed E-state index contributed by atoms with van der Waals surface area (Å²) >= 11 is 0. The Labute approximate surface area is 73.8 Å². The minimum absolute atomic E-state index is 0.903. The Balaban J connectivity index is 3.03. The molecule has 1 rings (SSSR count). The number of hydrogen-bond donors (Lipinski definition) is 1. The first-order valence-electron chi connectivity index (χ1n) is 4.36. The molecule has 0 atom stereocenters. The Hall–Kier alpha value is -0.830. The van der Waals surface area contributed by atoms with Crippen molar-refractivity contribution in [1.29, 1.82) is 0 Å². The number of aryl methyl sites for hydroxylation is 2. The van der Waals surface area contributed by atoms with Crippen molar-refractivity contribution >= 4 is 0 Å². The highest BCUT2D eigenvalue weighted by Gasteiger charge is 2.08. The fourth-order valence-corrected chi connectivity index (χ4v) is 1.39. The maximum Gasteiger partial charge on any atom is 0.105 e. The molecule has 0 aliphatic carbocycles. The lowest BCUT2D eigenvalue weighted by Gasteiger charge is -2.03. The Morgan fingerprint density at radius 1 is 1.50 bits per heavy atom. The third kappa shape index (κ3) is 1.50. The van der Waals surface area contributed by atoms with Crippen LogP contribution in [0, 0.1) is 6.92 Å². The van der Waals surface area contributed by atoms with E-state index >= 15 is 0 Å². The minimum Gasteiger partial charge on any atom is -0.334 e. The molecule has 3 heteroatoms. The Morgan fingerprint density at radius 3 is 2.67 bits per heavy atom. The Morgan fingerprint density at radius 2 is 2.17 bits per heavy atom. The summed E-state index contributed by atoms with van der Waals surface area (Å²) in [6, 6.07) is 0. The highest BCUT2D eigenvalue weighted by Crippen LogP contribution is 2.09.